The number of nitrogens with zero attached hydrogens (tertiary/aromatic N) is 2. The van der Waals surface area contributed by atoms with Gasteiger partial charge in [0.2, 0.25) is 0 Å². The quantitative estimate of drug-likeness (QED) is 0.840. The van der Waals surface area contributed by atoms with Gasteiger partial charge in [-0.05, 0) is 18.4 Å². The highest BCUT2D eigenvalue weighted by Crippen LogP contribution is 2.42. The molecule has 0 saturated carbocycles. The lowest BCUT2D eigenvalue weighted by atomic mass is 9.76. The van der Waals surface area contributed by atoms with Crippen LogP contribution in [-0.4, -0.2) is 47.3 Å². The van der Waals surface area contributed by atoms with E-state index < -0.39 is 11.4 Å². The molecule has 20 heavy (non-hydrogen) atoms. The highest BCUT2D eigenvalue weighted by atomic mass is 16.5. The Balaban J connectivity index is 1.78. The molecule has 2 atom stereocenters. The largest absolute Gasteiger partial charge is 0.481 e. The third kappa shape index (κ3) is 2.14. The van der Waals surface area contributed by atoms with E-state index in [9.17, 15) is 9.90 Å². The molecule has 6 heteroatoms. The Bertz CT molecular complexity index is 522. The summed E-state index contributed by atoms with van der Waals surface area (Å²) in [6.07, 6.45) is 2.47. The molecule has 2 aliphatic heterocycles. The molecule has 1 aromatic rings. The smallest absolute Gasteiger partial charge is 0.313 e. The fourth-order valence-electron chi connectivity index (χ4n) is 3.34. The second kappa shape index (κ2) is 5.03. The molecule has 0 amide bonds. The van der Waals surface area contributed by atoms with Crippen molar-refractivity contribution in [1.29, 1.82) is 0 Å². The number of hydrogen-bond donors (Lipinski definition) is 2. The number of ether oxygens (including phenoxy) is 1. The third-order valence-corrected chi connectivity index (χ3v) is 4.48. The Morgan fingerprint density at radius 3 is 3.20 bits per heavy atom. The lowest BCUT2D eigenvalue weighted by molar-refractivity contribution is -0.159. The summed E-state index contributed by atoms with van der Waals surface area (Å²) in [7, 11) is 0. The zero-order valence-corrected chi connectivity index (χ0v) is 11.3. The number of carbonyl (C=O) groups is 1. The average Bonchev–Trinajstić information content (AvgIpc) is 2.81. The van der Waals surface area contributed by atoms with Crippen LogP contribution in [-0.2, 0) is 16.1 Å². The highest BCUT2D eigenvalue weighted by Gasteiger charge is 2.53. The third-order valence-electron chi connectivity index (χ3n) is 4.48. The van der Waals surface area contributed by atoms with Crippen molar-refractivity contribution in [3.63, 3.8) is 0 Å². The second-order valence-corrected chi connectivity index (χ2v) is 5.72. The second-order valence-electron chi connectivity index (χ2n) is 5.72. The number of aliphatic carboxylic acids is 1. The summed E-state index contributed by atoms with van der Waals surface area (Å²) in [4.78, 5) is 17.9. The number of aromatic nitrogens is 1. The van der Waals surface area contributed by atoms with Crippen LogP contribution in [0.5, 0.6) is 0 Å². The number of rotatable bonds is 3. The molecule has 0 spiro atoms. The number of fused-ring (bicyclic) bond motifs is 1. The van der Waals surface area contributed by atoms with Gasteiger partial charge in [-0.2, -0.15) is 0 Å². The Hall–Kier alpha value is -1.66. The van der Waals surface area contributed by atoms with E-state index in [1.807, 2.05) is 12.1 Å². The van der Waals surface area contributed by atoms with Gasteiger partial charge in [0.1, 0.15) is 11.2 Å². The van der Waals surface area contributed by atoms with Crippen molar-refractivity contribution in [1.82, 2.24) is 9.88 Å². The van der Waals surface area contributed by atoms with Gasteiger partial charge in [-0.1, -0.05) is 6.07 Å². The van der Waals surface area contributed by atoms with E-state index in [2.05, 4.69) is 9.88 Å². The number of carboxylic acids is 1. The SMILES string of the molecule is Nc1ncccc1CN1C[C@@H]2CCOC[C@]2(C(=O)O)C1. The number of pyridine rings is 1. The van der Waals surface area contributed by atoms with Crippen LogP contribution >= 0.6 is 0 Å². The molecule has 3 N–H and O–H groups in total. The van der Waals surface area contributed by atoms with Crippen LogP contribution in [0, 0.1) is 11.3 Å². The summed E-state index contributed by atoms with van der Waals surface area (Å²) < 4.78 is 5.43. The van der Waals surface area contributed by atoms with Crippen LogP contribution in [0.1, 0.15) is 12.0 Å². The molecule has 0 aromatic carbocycles. The summed E-state index contributed by atoms with van der Waals surface area (Å²) in [5.74, 6) is -0.0708. The summed E-state index contributed by atoms with van der Waals surface area (Å²) >= 11 is 0. The number of hydrogen-bond acceptors (Lipinski definition) is 5. The van der Waals surface area contributed by atoms with Gasteiger partial charge < -0.3 is 15.6 Å². The van der Waals surface area contributed by atoms with Crippen molar-refractivity contribution in [2.24, 2.45) is 11.3 Å². The summed E-state index contributed by atoms with van der Waals surface area (Å²) in [5, 5.41) is 9.59. The minimum atomic E-state index is -0.755. The standard InChI is InChI=1S/C14H19N3O3/c15-12-10(2-1-4-16-12)6-17-7-11-3-5-20-9-14(11,8-17)13(18)19/h1-2,4,11H,3,5-9H2,(H2,15,16)(H,18,19)/t11-,14+/m0/s1. The van der Waals surface area contributed by atoms with Gasteiger partial charge in [0.15, 0.2) is 0 Å². The number of carboxylic acid groups (broad SMARTS) is 1. The Kier molecular flexibility index (Phi) is 3.35. The fraction of sp³-hybridized carbons (Fsp3) is 0.571. The average molecular weight is 277 g/mol. The summed E-state index contributed by atoms with van der Waals surface area (Å²) in [5.41, 5.74) is 6.06. The lowest BCUT2D eigenvalue weighted by Crippen LogP contribution is -2.46. The molecule has 0 radical (unpaired) electrons. The predicted molar refractivity (Wildman–Crippen MR) is 72.9 cm³/mol. The molecule has 3 rings (SSSR count). The van der Waals surface area contributed by atoms with E-state index in [-0.39, 0.29) is 5.92 Å². The molecule has 2 aliphatic rings. The molecular formula is C14H19N3O3. The van der Waals surface area contributed by atoms with Crippen LogP contribution in [0.4, 0.5) is 5.82 Å². The molecule has 3 heterocycles. The predicted octanol–water partition coefficient (Wildman–Crippen LogP) is 0.587. The van der Waals surface area contributed by atoms with Crippen molar-refractivity contribution in [2.45, 2.75) is 13.0 Å². The Morgan fingerprint density at radius 2 is 2.50 bits per heavy atom. The van der Waals surface area contributed by atoms with Gasteiger partial charge in [0, 0.05) is 38.0 Å². The lowest BCUT2D eigenvalue weighted by Gasteiger charge is -2.34. The van der Waals surface area contributed by atoms with Crippen molar-refractivity contribution in [3.05, 3.63) is 23.9 Å². The van der Waals surface area contributed by atoms with Crippen LogP contribution in [0.2, 0.25) is 0 Å². The van der Waals surface area contributed by atoms with Gasteiger partial charge in [0.25, 0.3) is 0 Å². The molecule has 6 nitrogen and oxygen atoms in total. The number of likely N-dealkylation sites (tertiary alicyclic amines) is 1. The molecule has 2 fully saturated rings. The zero-order chi connectivity index (χ0) is 14.2. The maximum Gasteiger partial charge on any atom is 0.313 e. The van der Waals surface area contributed by atoms with Gasteiger partial charge in [-0.25, -0.2) is 4.98 Å². The normalized spacial score (nSPS) is 30.1. The number of anilines is 1. The van der Waals surface area contributed by atoms with E-state index in [1.54, 1.807) is 6.20 Å². The minimum absolute atomic E-state index is 0.159. The maximum atomic E-state index is 11.7. The van der Waals surface area contributed by atoms with Gasteiger partial charge in [0.05, 0.1) is 6.61 Å². The van der Waals surface area contributed by atoms with E-state index in [1.165, 1.54) is 0 Å². The van der Waals surface area contributed by atoms with Gasteiger partial charge >= 0.3 is 5.97 Å². The monoisotopic (exact) mass is 277 g/mol. The van der Waals surface area contributed by atoms with Gasteiger partial charge in [-0.15, -0.1) is 0 Å². The van der Waals surface area contributed by atoms with Crippen LogP contribution < -0.4 is 5.73 Å². The first-order valence-corrected chi connectivity index (χ1v) is 6.85. The van der Waals surface area contributed by atoms with Gasteiger partial charge in [-0.3, -0.25) is 9.69 Å². The Labute approximate surface area is 117 Å². The van der Waals surface area contributed by atoms with Crippen molar-refractivity contribution in [3.8, 4) is 0 Å². The first kappa shape index (κ1) is 13.3. The summed E-state index contributed by atoms with van der Waals surface area (Å²) in [6, 6.07) is 3.79. The Morgan fingerprint density at radius 1 is 1.65 bits per heavy atom. The molecule has 0 bridgehead atoms. The maximum absolute atomic E-state index is 11.7. The van der Waals surface area contributed by atoms with Crippen LogP contribution in [0.15, 0.2) is 18.3 Å². The van der Waals surface area contributed by atoms with Crippen molar-refractivity contribution in [2.75, 3.05) is 32.0 Å². The molecule has 108 valence electrons. The molecule has 0 aliphatic carbocycles. The molecular weight excluding hydrogens is 258 g/mol. The van der Waals surface area contributed by atoms with Crippen LogP contribution in [0.25, 0.3) is 0 Å². The van der Waals surface area contributed by atoms with E-state index >= 15 is 0 Å². The molecule has 1 aromatic heterocycles. The number of nitrogens with two attached hydrogens (primary N) is 1. The van der Waals surface area contributed by atoms with Crippen molar-refractivity contribution >= 4 is 11.8 Å². The van der Waals surface area contributed by atoms with E-state index in [0.29, 0.717) is 32.1 Å². The minimum Gasteiger partial charge on any atom is -0.481 e. The highest BCUT2D eigenvalue weighted by molar-refractivity contribution is 5.76. The van der Waals surface area contributed by atoms with Crippen molar-refractivity contribution < 1.29 is 14.6 Å². The first-order chi connectivity index (χ1) is 9.62. The fourth-order valence-corrected chi connectivity index (χ4v) is 3.34. The summed E-state index contributed by atoms with van der Waals surface area (Å²) in [6.45, 7) is 2.91. The topological polar surface area (TPSA) is 88.7 Å². The molecule has 2 saturated heterocycles. The molecule has 0 unspecified atom stereocenters. The van der Waals surface area contributed by atoms with E-state index in [4.69, 9.17) is 10.5 Å². The first-order valence-electron chi connectivity index (χ1n) is 6.85. The zero-order valence-electron chi connectivity index (χ0n) is 11.3. The van der Waals surface area contributed by atoms with Crippen LogP contribution in [0.3, 0.4) is 0 Å². The van der Waals surface area contributed by atoms with E-state index in [0.717, 1.165) is 18.5 Å². The number of nitrogen functional groups attached to an aromatic ring is 1.